The Balaban J connectivity index is 1.48. The van der Waals surface area contributed by atoms with Crippen LogP contribution in [0.15, 0.2) is 29.7 Å². The Hall–Kier alpha value is -1.89. The first-order valence-corrected chi connectivity index (χ1v) is 11.1. The van der Waals surface area contributed by atoms with Crippen molar-refractivity contribution < 1.29 is 4.79 Å². The molecule has 0 aromatic carbocycles. The first-order chi connectivity index (χ1) is 13.4. The Kier molecular flexibility index (Phi) is 6.75. The van der Waals surface area contributed by atoms with Gasteiger partial charge in [-0.25, -0.2) is 0 Å². The highest BCUT2D eigenvalue weighted by Crippen LogP contribution is 2.40. The summed E-state index contributed by atoms with van der Waals surface area (Å²) in [6.07, 6.45) is 9.27. The third-order valence-electron chi connectivity index (χ3n) is 6.21. The molecule has 1 N–H and O–H groups in total. The molecule has 28 heavy (non-hydrogen) atoms. The molecule has 7 heteroatoms. The van der Waals surface area contributed by atoms with Gasteiger partial charge < -0.3 is 9.88 Å². The van der Waals surface area contributed by atoms with E-state index in [9.17, 15) is 4.79 Å². The first-order valence-electron chi connectivity index (χ1n) is 10.1. The minimum Gasteiger partial charge on any atom is -0.353 e. The van der Waals surface area contributed by atoms with Crippen LogP contribution in [0.5, 0.6) is 0 Å². The maximum Gasteiger partial charge on any atom is 0.230 e. The molecule has 1 amide bonds. The van der Waals surface area contributed by atoms with E-state index in [0.29, 0.717) is 17.2 Å². The number of pyridine rings is 1. The molecular weight excluding hydrogens is 370 g/mol. The van der Waals surface area contributed by atoms with Crippen molar-refractivity contribution in [1.82, 2.24) is 25.1 Å². The van der Waals surface area contributed by atoms with Crippen molar-refractivity contribution in [3.63, 3.8) is 0 Å². The van der Waals surface area contributed by atoms with E-state index in [0.717, 1.165) is 35.3 Å². The van der Waals surface area contributed by atoms with Crippen LogP contribution in [0.1, 0.15) is 52.9 Å². The van der Waals surface area contributed by atoms with Crippen LogP contribution in [0.25, 0.3) is 11.4 Å². The Bertz CT molecular complexity index is 781. The Morgan fingerprint density at radius 1 is 1.21 bits per heavy atom. The lowest BCUT2D eigenvalue weighted by Gasteiger charge is -2.39. The van der Waals surface area contributed by atoms with Crippen LogP contribution in [0, 0.1) is 11.3 Å². The predicted molar refractivity (Wildman–Crippen MR) is 113 cm³/mol. The number of hydrogen-bond donors (Lipinski definition) is 1. The number of rotatable bonds is 7. The molecule has 0 atom stereocenters. The van der Waals surface area contributed by atoms with E-state index in [2.05, 4.69) is 41.3 Å². The molecule has 0 radical (unpaired) electrons. The van der Waals surface area contributed by atoms with Crippen molar-refractivity contribution >= 4 is 17.7 Å². The summed E-state index contributed by atoms with van der Waals surface area (Å²) in [5, 5.41) is 12.4. The quantitative estimate of drug-likeness (QED) is 0.708. The average Bonchev–Trinajstić information content (AvgIpc) is 3.08. The van der Waals surface area contributed by atoms with E-state index >= 15 is 0 Å². The molecule has 1 fully saturated rings. The molecule has 3 rings (SSSR count). The highest BCUT2D eigenvalue weighted by molar-refractivity contribution is 7.99. The normalized spacial score (nSPS) is 20.1. The SMILES string of the molecule is CCC(C)(C)C1CCC(NC(=O)CSc2nnc(-c3ccncc3)n2C)CC1. The number of carbonyl (C=O) groups is 1. The van der Waals surface area contributed by atoms with Gasteiger partial charge in [0.15, 0.2) is 11.0 Å². The summed E-state index contributed by atoms with van der Waals surface area (Å²) in [5.74, 6) is 1.99. The van der Waals surface area contributed by atoms with Crippen molar-refractivity contribution in [2.24, 2.45) is 18.4 Å². The van der Waals surface area contributed by atoms with Gasteiger partial charge in [0.2, 0.25) is 5.91 Å². The maximum absolute atomic E-state index is 12.4. The fourth-order valence-corrected chi connectivity index (χ4v) is 4.62. The number of thioether (sulfide) groups is 1. The van der Waals surface area contributed by atoms with Crippen molar-refractivity contribution in [2.45, 2.75) is 64.1 Å². The van der Waals surface area contributed by atoms with Crippen LogP contribution < -0.4 is 5.32 Å². The van der Waals surface area contributed by atoms with Gasteiger partial charge in [0.25, 0.3) is 0 Å². The van der Waals surface area contributed by atoms with Gasteiger partial charge in [-0.3, -0.25) is 9.78 Å². The minimum atomic E-state index is 0.0802. The molecule has 0 spiro atoms. The van der Waals surface area contributed by atoms with Gasteiger partial charge in [-0.05, 0) is 49.1 Å². The lowest BCUT2D eigenvalue weighted by atomic mass is 9.69. The Morgan fingerprint density at radius 2 is 1.89 bits per heavy atom. The molecule has 0 aliphatic heterocycles. The summed E-state index contributed by atoms with van der Waals surface area (Å²) in [5.41, 5.74) is 1.37. The van der Waals surface area contributed by atoms with Crippen LogP contribution in [0.2, 0.25) is 0 Å². The topological polar surface area (TPSA) is 72.7 Å². The summed E-state index contributed by atoms with van der Waals surface area (Å²) in [4.78, 5) is 16.4. The monoisotopic (exact) mass is 401 g/mol. The zero-order chi connectivity index (χ0) is 20.1. The standard InChI is InChI=1S/C21H31N5OS/c1-5-21(2,3)16-6-8-17(9-7-16)23-18(27)14-28-20-25-24-19(26(20)4)15-10-12-22-13-11-15/h10-13,16-17H,5-9,14H2,1-4H3,(H,23,27). The number of nitrogens with zero attached hydrogens (tertiary/aromatic N) is 4. The van der Waals surface area contributed by atoms with Gasteiger partial charge >= 0.3 is 0 Å². The molecule has 1 aliphatic rings. The average molecular weight is 402 g/mol. The fourth-order valence-electron chi connectivity index (χ4n) is 3.90. The molecule has 2 aromatic rings. The van der Waals surface area contributed by atoms with E-state index in [1.54, 1.807) is 12.4 Å². The van der Waals surface area contributed by atoms with Gasteiger partial charge in [0.1, 0.15) is 0 Å². The summed E-state index contributed by atoms with van der Waals surface area (Å²) < 4.78 is 1.92. The molecule has 1 aliphatic carbocycles. The number of nitrogens with one attached hydrogen (secondary N) is 1. The molecule has 2 heterocycles. The van der Waals surface area contributed by atoms with Crippen molar-refractivity contribution in [1.29, 1.82) is 0 Å². The Morgan fingerprint density at radius 3 is 2.54 bits per heavy atom. The maximum atomic E-state index is 12.4. The van der Waals surface area contributed by atoms with Crippen LogP contribution >= 0.6 is 11.8 Å². The summed E-state index contributed by atoms with van der Waals surface area (Å²) in [7, 11) is 1.92. The van der Waals surface area contributed by atoms with Crippen LogP contribution in [-0.2, 0) is 11.8 Å². The fraction of sp³-hybridized carbons (Fsp3) is 0.619. The van der Waals surface area contributed by atoms with Gasteiger partial charge in [0.05, 0.1) is 5.75 Å². The summed E-state index contributed by atoms with van der Waals surface area (Å²) in [6.45, 7) is 7.01. The second-order valence-corrected chi connectivity index (χ2v) is 9.29. The second-order valence-electron chi connectivity index (χ2n) is 8.35. The zero-order valence-electron chi connectivity index (χ0n) is 17.3. The van der Waals surface area contributed by atoms with Crippen molar-refractivity contribution in [3.8, 4) is 11.4 Å². The molecular formula is C21H31N5OS. The highest BCUT2D eigenvalue weighted by atomic mass is 32.2. The summed E-state index contributed by atoms with van der Waals surface area (Å²) >= 11 is 1.43. The number of hydrogen-bond acceptors (Lipinski definition) is 5. The van der Waals surface area contributed by atoms with Crippen molar-refractivity contribution in [3.05, 3.63) is 24.5 Å². The van der Waals surface area contributed by atoms with Gasteiger partial charge in [-0.15, -0.1) is 10.2 Å². The van der Waals surface area contributed by atoms with Gasteiger partial charge in [0, 0.05) is 31.0 Å². The van der Waals surface area contributed by atoms with Crippen LogP contribution in [0.3, 0.4) is 0 Å². The number of carbonyl (C=O) groups excluding carboxylic acids is 1. The van der Waals surface area contributed by atoms with Crippen LogP contribution in [0.4, 0.5) is 0 Å². The van der Waals surface area contributed by atoms with Crippen molar-refractivity contribution in [2.75, 3.05) is 5.75 Å². The molecule has 2 aromatic heterocycles. The van der Waals surface area contributed by atoms with E-state index in [4.69, 9.17) is 0 Å². The molecule has 1 saturated carbocycles. The number of amides is 1. The largest absolute Gasteiger partial charge is 0.353 e. The third-order valence-corrected chi connectivity index (χ3v) is 7.23. The highest BCUT2D eigenvalue weighted by Gasteiger charge is 2.32. The molecule has 0 unspecified atom stereocenters. The first kappa shape index (κ1) is 20.8. The predicted octanol–water partition coefficient (Wildman–Crippen LogP) is 4.08. The van der Waals surface area contributed by atoms with E-state index in [1.165, 1.54) is 31.0 Å². The lowest BCUT2D eigenvalue weighted by molar-refractivity contribution is -0.119. The molecule has 6 nitrogen and oxygen atoms in total. The van der Waals surface area contributed by atoms with E-state index < -0.39 is 0 Å². The van der Waals surface area contributed by atoms with Gasteiger partial charge in [-0.2, -0.15) is 0 Å². The molecule has 0 bridgehead atoms. The van der Waals surface area contributed by atoms with Crippen LogP contribution in [-0.4, -0.2) is 37.5 Å². The lowest BCUT2D eigenvalue weighted by Crippen LogP contribution is -2.40. The van der Waals surface area contributed by atoms with Gasteiger partial charge in [-0.1, -0.05) is 39.0 Å². The zero-order valence-corrected chi connectivity index (χ0v) is 18.1. The third kappa shape index (κ3) is 4.93. The minimum absolute atomic E-state index is 0.0802. The molecule has 152 valence electrons. The number of aromatic nitrogens is 4. The summed E-state index contributed by atoms with van der Waals surface area (Å²) in [6, 6.07) is 4.12. The smallest absolute Gasteiger partial charge is 0.230 e. The van der Waals surface area contributed by atoms with E-state index in [-0.39, 0.29) is 5.91 Å². The molecule has 0 saturated heterocycles. The Labute approximate surface area is 171 Å². The van der Waals surface area contributed by atoms with E-state index in [1.807, 2.05) is 23.7 Å². The second kappa shape index (κ2) is 9.07.